The van der Waals surface area contributed by atoms with Gasteiger partial charge in [0.1, 0.15) is 5.75 Å². The van der Waals surface area contributed by atoms with Crippen molar-refractivity contribution in [2.75, 3.05) is 14.2 Å². The fourth-order valence-electron chi connectivity index (χ4n) is 4.36. The van der Waals surface area contributed by atoms with Gasteiger partial charge in [-0.2, -0.15) is 0 Å². The summed E-state index contributed by atoms with van der Waals surface area (Å²) in [6.07, 6.45) is 5.17. The number of benzene rings is 2. The number of hydrogen-bond donors (Lipinski definition) is 1. The normalized spacial score (nSPS) is 18.5. The van der Waals surface area contributed by atoms with Crippen LogP contribution in [0.25, 0.3) is 0 Å². The molecule has 160 valence electrons. The maximum absolute atomic E-state index is 13.0. The lowest BCUT2D eigenvalue weighted by Gasteiger charge is -2.31. The molecule has 2 atom stereocenters. The molecule has 1 aliphatic carbocycles. The third-order valence-corrected chi connectivity index (χ3v) is 5.93. The second-order valence-electron chi connectivity index (χ2n) is 8.12. The van der Waals surface area contributed by atoms with Gasteiger partial charge in [0.05, 0.1) is 19.8 Å². The van der Waals surface area contributed by atoms with Crippen LogP contribution in [0.4, 0.5) is 0 Å². The minimum Gasteiger partial charge on any atom is -0.497 e. The fourth-order valence-corrected chi connectivity index (χ4v) is 4.36. The van der Waals surface area contributed by atoms with E-state index in [1.54, 1.807) is 19.2 Å². The summed E-state index contributed by atoms with van der Waals surface area (Å²) in [7, 11) is 3.05. The Morgan fingerprint density at radius 1 is 1.00 bits per heavy atom. The second kappa shape index (κ2) is 10.3. The summed E-state index contributed by atoms with van der Waals surface area (Å²) in [5.74, 6) is 1.00. The van der Waals surface area contributed by atoms with E-state index in [1.165, 1.54) is 24.7 Å². The molecule has 5 heteroatoms. The average Bonchev–Trinajstić information content (AvgIpc) is 2.77. The van der Waals surface area contributed by atoms with Crippen molar-refractivity contribution in [2.24, 2.45) is 11.8 Å². The Morgan fingerprint density at radius 2 is 1.73 bits per heavy atom. The van der Waals surface area contributed by atoms with Gasteiger partial charge in [0.25, 0.3) is 0 Å². The van der Waals surface area contributed by atoms with E-state index in [0.717, 1.165) is 37.0 Å². The summed E-state index contributed by atoms with van der Waals surface area (Å²) in [5.41, 5.74) is 3.88. The van der Waals surface area contributed by atoms with Crippen LogP contribution >= 0.6 is 0 Å². The summed E-state index contributed by atoms with van der Waals surface area (Å²) >= 11 is 0. The van der Waals surface area contributed by atoms with E-state index in [1.807, 2.05) is 18.2 Å². The number of carbonyl (C=O) groups excluding carboxylic acids is 2. The second-order valence-corrected chi connectivity index (χ2v) is 8.12. The van der Waals surface area contributed by atoms with Gasteiger partial charge in [0, 0.05) is 12.5 Å². The first-order valence-corrected chi connectivity index (χ1v) is 10.6. The van der Waals surface area contributed by atoms with Gasteiger partial charge in [0.2, 0.25) is 5.91 Å². The van der Waals surface area contributed by atoms with Gasteiger partial charge >= 0.3 is 5.97 Å². The Hall–Kier alpha value is -2.82. The van der Waals surface area contributed by atoms with E-state index < -0.39 is 0 Å². The molecule has 0 spiro atoms. The predicted molar refractivity (Wildman–Crippen MR) is 117 cm³/mol. The number of amides is 1. The van der Waals surface area contributed by atoms with E-state index in [2.05, 4.69) is 24.4 Å². The SMILES string of the molecule is COC(=O)c1ccc(CNC(=O)[C@@H]2CCCC[C@@H]2Cc2cc(C)cc(OC)c2)cc1. The standard InChI is InChI=1S/C25H31NO4/c1-17-12-19(15-22(13-17)29-2)14-21-6-4-5-7-23(21)24(27)26-16-18-8-10-20(11-9-18)25(28)30-3/h8-13,15,21,23H,4-7,14,16H2,1-3H3,(H,26,27)/t21-,23-/m1/s1. The number of methoxy groups -OCH3 is 2. The zero-order chi connectivity index (χ0) is 21.5. The summed E-state index contributed by atoms with van der Waals surface area (Å²) in [6.45, 7) is 2.53. The van der Waals surface area contributed by atoms with E-state index in [-0.39, 0.29) is 17.8 Å². The molecule has 0 aromatic heterocycles. The molecule has 0 aliphatic heterocycles. The maximum atomic E-state index is 13.0. The number of esters is 1. The zero-order valence-corrected chi connectivity index (χ0v) is 18.1. The highest BCUT2D eigenvalue weighted by Gasteiger charge is 2.31. The zero-order valence-electron chi connectivity index (χ0n) is 18.1. The highest BCUT2D eigenvalue weighted by molar-refractivity contribution is 5.89. The summed E-state index contributed by atoms with van der Waals surface area (Å²) in [4.78, 5) is 24.5. The van der Waals surface area contributed by atoms with E-state index in [4.69, 9.17) is 9.47 Å². The molecule has 1 saturated carbocycles. The van der Waals surface area contributed by atoms with Crippen LogP contribution in [0.15, 0.2) is 42.5 Å². The van der Waals surface area contributed by atoms with Gasteiger partial charge in [-0.05, 0) is 73.1 Å². The van der Waals surface area contributed by atoms with Crippen molar-refractivity contribution < 1.29 is 19.1 Å². The smallest absolute Gasteiger partial charge is 0.337 e. The van der Waals surface area contributed by atoms with Crippen molar-refractivity contribution in [3.63, 3.8) is 0 Å². The van der Waals surface area contributed by atoms with Gasteiger partial charge in [-0.1, -0.05) is 31.0 Å². The van der Waals surface area contributed by atoms with Crippen molar-refractivity contribution in [1.29, 1.82) is 0 Å². The Balaban J connectivity index is 1.62. The largest absolute Gasteiger partial charge is 0.497 e. The molecule has 1 aliphatic rings. The summed E-state index contributed by atoms with van der Waals surface area (Å²) < 4.78 is 10.1. The lowest BCUT2D eigenvalue weighted by molar-refractivity contribution is -0.127. The molecule has 1 fully saturated rings. The first kappa shape index (κ1) is 21.9. The third kappa shape index (κ3) is 5.62. The third-order valence-electron chi connectivity index (χ3n) is 5.93. The van der Waals surface area contributed by atoms with E-state index >= 15 is 0 Å². The minimum atomic E-state index is -0.358. The van der Waals surface area contributed by atoms with Crippen molar-refractivity contribution in [3.05, 3.63) is 64.7 Å². The summed E-state index contributed by atoms with van der Waals surface area (Å²) in [5, 5.41) is 3.10. The van der Waals surface area contributed by atoms with Gasteiger partial charge in [-0.25, -0.2) is 4.79 Å². The van der Waals surface area contributed by atoms with Crippen molar-refractivity contribution in [3.8, 4) is 5.75 Å². The van der Waals surface area contributed by atoms with Crippen LogP contribution in [0.1, 0.15) is 52.7 Å². The number of nitrogens with one attached hydrogen (secondary N) is 1. The van der Waals surface area contributed by atoms with Gasteiger partial charge in [0.15, 0.2) is 0 Å². The molecule has 1 N–H and O–H groups in total. The number of aryl methyl sites for hydroxylation is 1. The fraction of sp³-hybridized carbons (Fsp3) is 0.440. The molecule has 1 amide bonds. The quantitative estimate of drug-likeness (QED) is 0.686. The molecule has 0 radical (unpaired) electrons. The molecule has 0 bridgehead atoms. The molecule has 5 nitrogen and oxygen atoms in total. The average molecular weight is 410 g/mol. The predicted octanol–water partition coefficient (Wildman–Crippen LogP) is 4.46. The lowest BCUT2D eigenvalue weighted by Crippen LogP contribution is -2.37. The Morgan fingerprint density at radius 3 is 2.43 bits per heavy atom. The lowest BCUT2D eigenvalue weighted by atomic mass is 9.75. The molecular weight excluding hydrogens is 378 g/mol. The molecule has 2 aromatic carbocycles. The summed E-state index contributed by atoms with van der Waals surface area (Å²) in [6, 6.07) is 13.5. The van der Waals surface area contributed by atoms with Gasteiger partial charge < -0.3 is 14.8 Å². The topological polar surface area (TPSA) is 64.6 Å². The van der Waals surface area contributed by atoms with E-state index in [0.29, 0.717) is 18.0 Å². The number of ether oxygens (including phenoxy) is 2. The highest BCUT2D eigenvalue weighted by atomic mass is 16.5. The van der Waals surface area contributed by atoms with Crippen LogP contribution in [0.3, 0.4) is 0 Å². The number of hydrogen-bond acceptors (Lipinski definition) is 4. The first-order valence-electron chi connectivity index (χ1n) is 10.6. The Kier molecular flexibility index (Phi) is 7.50. The molecule has 0 saturated heterocycles. The highest BCUT2D eigenvalue weighted by Crippen LogP contribution is 2.33. The van der Waals surface area contributed by atoms with Gasteiger partial charge in [-0.15, -0.1) is 0 Å². The van der Waals surface area contributed by atoms with Gasteiger partial charge in [-0.3, -0.25) is 4.79 Å². The molecular formula is C25H31NO4. The molecule has 3 rings (SSSR count). The monoisotopic (exact) mass is 409 g/mol. The van der Waals surface area contributed by atoms with Crippen LogP contribution in [-0.2, 0) is 22.5 Å². The van der Waals surface area contributed by atoms with Crippen molar-refractivity contribution >= 4 is 11.9 Å². The Bertz CT molecular complexity index is 875. The van der Waals surface area contributed by atoms with E-state index in [9.17, 15) is 9.59 Å². The minimum absolute atomic E-state index is 0.0274. The first-order chi connectivity index (χ1) is 14.5. The number of rotatable bonds is 7. The van der Waals surface area contributed by atoms with Crippen LogP contribution in [0, 0.1) is 18.8 Å². The molecule has 30 heavy (non-hydrogen) atoms. The molecule has 2 aromatic rings. The maximum Gasteiger partial charge on any atom is 0.337 e. The molecule has 0 heterocycles. The van der Waals surface area contributed by atoms with Crippen LogP contribution in [0.2, 0.25) is 0 Å². The number of carbonyl (C=O) groups is 2. The Labute approximate surface area is 178 Å². The van der Waals surface area contributed by atoms with Crippen LogP contribution in [0.5, 0.6) is 5.75 Å². The van der Waals surface area contributed by atoms with Crippen LogP contribution in [-0.4, -0.2) is 26.1 Å². The van der Waals surface area contributed by atoms with Crippen molar-refractivity contribution in [1.82, 2.24) is 5.32 Å². The van der Waals surface area contributed by atoms with Crippen LogP contribution < -0.4 is 10.1 Å². The molecule has 0 unspecified atom stereocenters. The van der Waals surface area contributed by atoms with Crippen molar-refractivity contribution in [2.45, 2.75) is 45.6 Å².